The SMILES string of the molecule is COC(=O)C#Cc1cc(Cl)cnc1OC. The predicted octanol–water partition coefficient (Wildman–Crippen LogP) is 1.27. The number of aromatic nitrogens is 1. The van der Waals surface area contributed by atoms with Crippen LogP contribution in [-0.4, -0.2) is 25.2 Å². The van der Waals surface area contributed by atoms with Crippen molar-refractivity contribution in [3.8, 4) is 17.7 Å². The van der Waals surface area contributed by atoms with Crippen molar-refractivity contribution in [1.29, 1.82) is 0 Å². The molecule has 1 aromatic heterocycles. The molecule has 1 aromatic rings. The third kappa shape index (κ3) is 3.15. The van der Waals surface area contributed by atoms with Gasteiger partial charge in [-0.3, -0.25) is 0 Å². The molecule has 0 atom stereocenters. The lowest BCUT2D eigenvalue weighted by molar-refractivity contribution is -0.133. The molecule has 0 aromatic carbocycles. The first-order valence-corrected chi connectivity index (χ1v) is 4.34. The van der Waals surface area contributed by atoms with Gasteiger partial charge in [-0.2, -0.15) is 0 Å². The number of hydrogen-bond acceptors (Lipinski definition) is 4. The summed E-state index contributed by atoms with van der Waals surface area (Å²) in [6.45, 7) is 0. The Morgan fingerprint density at radius 1 is 1.53 bits per heavy atom. The summed E-state index contributed by atoms with van der Waals surface area (Å²) in [4.78, 5) is 14.7. The van der Waals surface area contributed by atoms with Gasteiger partial charge < -0.3 is 9.47 Å². The zero-order valence-corrected chi connectivity index (χ0v) is 8.96. The van der Waals surface area contributed by atoms with Gasteiger partial charge in [-0.1, -0.05) is 11.6 Å². The summed E-state index contributed by atoms with van der Waals surface area (Å²) < 4.78 is 9.31. The highest BCUT2D eigenvalue weighted by atomic mass is 35.5. The number of carbonyl (C=O) groups is 1. The zero-order valence-electron chi connectivity index (χ0n) is 8.20. The normalized spacial score (nSPS) is 8.73. The molecule has 0 amide bonds. The highest BCUT2D eigenvalue weighted by Gasteiger charge is 2.02. The van der Waals surface area contributed by atoms with Gasteiger partial charge in [-0.15, -0.1) is 0 Å². The van der Waals surface area contributed by atoms with Crippen molar-refractivity contribution in [3.05, 3.63) is 22.8 Å². The van der Waals surface area contributed by atoms with E-state index in [-0.39, 0.29) is 0 Å². The van der Waals surface area contributed by atoms with Crippen molar-refractivity contribution in [2.75, 3.05) is 14.2 Å². The highest BCUT2D eigenvalue weighted by molar-refractivity contribution is 6.30. The van der Waals surface area contributed by atoms with E-state index in [1.807, 2.05) is 0 Å². The Morgan fingerprint density at radius 3 is 2.87 bits per heavy atom. The Hall–Kier alpha value is -1.73. The van der Waals surface area contributed by atoms with Crippen LogP contribution in [0.5, 0.6) is 5.88 Å². The number of halogens is 1. The Balaban J connectivity index is 3.05. The lowest BCUT2D eigenvalue weighted by atomic mass is 10.3. The average molecular weight is 226 g/mol. The largest absolute Gasteiger partial charge is 0.480 e. The maximum atomic E-state index is 10.8. The molecule has 0 aliphatic carbocycles. The van der Waals surface area contributed by atoms with Crippen LogP contribution < -0.4 is 4.74 Å². The molecular weight excluding hydrogens is 218 g/mol. The zero-order chi connectivity index (χ0) is 11.3. The van der Waals surface area contributed by atoms with Crippen LogP contribution in [0.25, 0.3) is 0 Å². The molecule has 1 heterocycles. The molecule has 0 unspecified atom stereocenters. The first-order valence-electron chi connectivity index (χ1n) is 3.97. The van der Waals surface area contributed by atoms with Crippen LogP contribution >= 0.6 is 11.6 Å². The fourth-order valence-electron chi connectivity index (χ4n) is 0.848. The second kappa shape index (κ2) is 5.23. The minimum absolute atomic E-state index is 0.316. The van der Waals surface area contributed by atoms with Gasteiger partial charge in [0, 0.05) is 12.1 Å². The molecule has 0 aliphatic rings. The summed E-state index contributed by atoms with van der Waals surface area (Å²) in [6, 6.07) is 1.56. The topological polar surface area (TPSA) is 48.4 Å². The third-order valence-corrected chi connectivity index (χ3v) is 1.70. The van der Waals surface area contributed by atoms with E-state index in [1.54, 1.807) is 6.07 Å². The summed E-state index contributed by atoms with van der Waals surface area (Å²) in [6.07, 6.45) is 1.43. The molecule has 1 rings (SSSR count). The van der Waals surface area contributed by atoms with Crippen molar-refractivity contribution in [2.45, 2.75) is 0 Å². The van der Waals surface area contributed by atoms with E-state index in [0.717, 1.165) is 0 Å². The van der Waals surface area contributed by atoms with Gasteiger partial charge in [0.25, 0.3) is 0 Å². The van der Waals surface area contributed by atoms with E-state index >= 15 is 0 Å². The summed E-state index contributed by atoms with van der Waals surface area (Å²) in [5.74, 6) is 4.51. The molecule has 0 radical (unpaired) electrons. The molecule has 0 bridgehead atoms. The van der Waals surface area contributed by atoms with Crippen LogP contribution in [-0.2, 0) is 9.53 Å². The van der Waals surface area contributed by atoms with Crippen molar-refractivity contribution < 1.29 is 14.3 Å². The van der Waals surface area contributed by atoms with Crippen molar-refractivity contribution >= 4 is 17.6 Å². The van der Waals surface area contributed by atoms with Crippen LogP contribution in [0.2, 0.25) is 5.02 Å². The number of esters is 1. The Morgan fingerprint density at radius 2 is 2.27 bits per heavy atom. The van der Waals surface area contributed by atoms with E-state index in [0.29, 0.717) is 16.5 Å². The van der Waals surface area contributed by atoms with Gasteiger partial charge in [-0.25, -0.2) is 9.78 Å². The van der Waals surface area contributed by atoms with E-state index in [2.05, 4.69) is 21.6 Å². The molecular formula is C10H8ClNO3. The van der Waals surface area contributed by atoms with Crippen LogP contribution in [0.1, 0.15) is 5.56 Å². The van der Waals surface area contributed by atoms with Gasteiger partial charge in [0.2, 0.25) is 5.88 Å². The summed E-state index contributed by atoms with van der Waals surface area (Å²) in [5, 5.41) is 0.421. The highest BCUT2D eigenvalue weighted by Crippen LogP contribution is 2.17. The van der Waals surface area contributed by atoms with E-state index in [1.165, 1.54) is 20.4 Å². The Labute approximate surface area is 92.2 Å². The average Bonchev–Trinajstić information content (AvgIpc) is 2.26. The Kier molecular flexibility index (Phi) is 3.95. The maximum Gasteiger partial charge on any atom is 0.384 e. The summed E-state index contributed by atoms with van der Waals surface area (Å²) in [7, 11) is 2.71. The number of methoxy groups -OCH3 is 2. The number of nitrogens with zero attached hydrogens (tertiary/aromatic N) is 1. The van der Waals surface area contributed by atoms with Crippen molar-refractivity contribution in [3.63, 3.8) is 0 Å². The van der Waals surface area contributed by atoms with Gasteiger partial charge in [0.15, 0.2) is 0 Å². The van der Waals surface area contributed by atoms with E-state index in [9.17, 15) is 4.79 Å². The monoisotopic (exact) mass is 225 g/mol. The molecule has 0 spiro atoms. The minimum Gasteiger partial charge on any atom is -0.480 e. The van der Waals surface area contributed by atoms with Gasteiger partial charge in [0.05, 0.1) is 24.8 Å². The lowest BCUT2D eigenvalue weighted by Gasteiger charge is -2.00. The molecule has 0 saturated heterocycles. The molecule has 5 heteroatoms. The van der Waals surface area contributed by atoms with Gasteiger partial charge in [0.1, 0.15) is 0 Å². The van der Waals surface area contributed by atoms with Crippen LogP contribution in [0.15, 0.2) is 12.3 Å². The van der Waals surface area contributed by atoms with Crippen LogP contribution in [0.3, 0.4) is 0 Å². The van der Waals surface area contributed by atoms with E-state index in [4.69, 9.17) is 16.3 Å². The van der Waals surface area contributed by atoms with E-state index < -0.39 is 5.97 Å². The molecule has 0 saturated carbocycles. The summed E-state index contributed by atoms with van der Waals surface area (Å²) >= 11 is 5.72. The number of carbonyl (C=O) groups excluding carboxylic acids is 1. The van der Waals surface area contributed by atoms with Gasteiger partial charge >= 0.3 is 5.97 Å². The Bertz CT molecular complexity index is 434. The first-order chi connectivity index (χ1) is 7.17. The second-order valence-electron chi connectivity index (χ2n) is 2.45. The minimum atomic E-state index is -0.628. The number of hydrogen-bond donors (Lipinski definition) is 0. The molecule has 78 valence electrons. The standard InChI is InChI=1S/C10H8ClNO3/c1-14-9(13)4-3-7-5-8(11)6-12-10(7)15-2/h5-6H,1-2H3. The molecule has 0 N–H and O–H groups in total. The van der Waals surface area contributed by atoms with Crippen molar-refractivity contribution in [2.24, 2.45) is 0 Å². The fourth-order valence-corrected chi connectivity index (χ4v) is 1.01. The molecule has 4 nitrogen and oxygen atoms in total. The fraction of sp³-hybridized carbons (Fsp3) is 0.200. The van der Waals surface area contributed by atoms with Crippen LogP contribution in [0.4, 0.5) is 0 Å². The summed E-state index contributed by atoms with van der Waals surface area (Å²) in [5.41, 5.74) is 0.440. The smallest absolute Gasteiger partial charge is 0.384 e. The second-order valence-corrected chi connectivity index (χ2v) is 2.89. The number of pyridine rings is 1. The van der Waals surface area contributed by atoms with Crippen LogP contribution in [0, 0.1) is 11.8 Å². The first kappa shape index (κ1) is 11.3. The molecule has 0 aliphatic heterocycles. The molecule has 15 heavy (non-hydrogen) atoms. The molecule has 0 fully saturated rings. The van der Waals surface area contributed by atoms with Crippen molar-refractivity contribution in [1.82, 2.24) is 4.98 Å². The lowest BCUT2D eigenvalue weighted by Crippen LogP contribution is -1.96. The third-order valence-electron chi connectivity index (χ3n) is 1.50. The number of ether oxygens (including phenoxy) is 2. The number of rotatable bonds is 1. The predicted molar refractivity (Wildman–Crippen MR) is 54.7 cm³/mol. The van der Waals surface area contributed by atoms with Gasteiger partial charge in [-0.05, 0) is 12.0 Å². The maximum absolute atomic E-state index is 10.8. The quantitative estimate of drug-likeness (QED) is 0.534.